The van der Waals surface area contributed by atoms with E-state index in [1.807, 2.05) is 0 Å². The van der Waals surface area contributed by atoms with Gasteiger partial charge in [0.25, 0.3) is 0 Å². The van der Waals surface area contributed by atoms with Crippen LogP contribution in [0.3, 0.4) is 0 Å². The van der Waals surface area contributed by atoms with E-state index in [-0.39, 0.29) is 39.6 Å². The summed E-state index contributed by atoms with van der Waals surface area (Å²) in [4.78, 5) is 3.07. The van der Waals surface area contributed by atoms with E-state index in [4.69, 9.17) is 156 Å². The van der Waals surface area contributed by atoms with Gasteiger partial charge in [-0.15, -0.1) is 0 Å². The van der Waals surface area contributed by atoms with Crippen LogP contribution < -0.4 is 0 Å². The zero-order valence-corrected chi connectivity index (χ0v) is 59.4. The van der Waals surface area contributed by atoms with E-state index in [0.29, 0.717) is 0 Å². The number of methoxy groups -OCH3 is 19. The molecule has 21 fully saturated rings. The van der Waals surface area contributed by atoms with Gasteiger partial charge in [-0.2, -0.15) is 0 Å². The monoisotopic (exact) mass is 1430 g/mol. The third kappa shape index (κ3) is 17.6. The molecule has 0 amide bonds. The van der Waals surface area contributed by atoms with Gasteiger partial charge in [-0.3, -0.25) is 0 Å². The van der Waals surface area contributed by atoms with Gasteiger partial charge in [-0.25, -0.2) is 0 Å². The molecule has 0 aromatic rings. The molecule has 1 N–H and O–H groups in total. The van der Waals surface area contributed by atoms with Crippen LogP contribution in [0.25, 0.3) is 10.4 Å². The fourth-order valence-corrected chi connectivity index (χ4v) is 14.7. The van der Waals surface area contributed by atoms with Crippen LogP contribution in [0, 0.1) is 0 Å². The summed E-state index contributed by atoms with van der Waals surface area (Å²) in [6.07, 6.45) is -38.5. The van der Waals surface area contributed by atoms with Crippen LogP contribution in [0.4, 0.5) is 0 Å². The fourth-order valence-electron chi connectivity index (χ4n) is 14.7. The molecule has 570 valence electrons. The molecule has 0 unspecified atom stereocenters. The number of hydrogen-bond acceptors (Lipinski definition) is 35. The maximum atomic E-state index is 11.3. The standard InChI is InChI=1S/C61H107N3O34/c1-66-22-29-36-43(73-8)52(82-17)59(89-29)98-40-33(26-70-5)91-61(54(84-19)47(40)77-12)97-39-32(25-69-4)88-58(51(81-16)46(39)76-11)93-35-28(21-65)86-56(49(79-14)42(35)72-7)95-37-30(23-67-2)90-60(53(83-18)44(37)74-9)96-38-31(24-68-3)87-57(50(80-15)45(38)75-10)92-34-27(20-63-64-62)85-55(94-36)48(78-13)41(34)71-6/h27-61,65H,20-26H2,1-19H3/t27-,28-,29-,30-,31-,32-,33-,34-,35-,36-,37-,38-,39-,40-,41+,42+,43+,44+,45+,46+,47+,48-,49-,50-,51-,52-,53-,54-,55-,56-,57-,58-,59-,60-,61-/m1/s1. The summed E-state index contributed by atoms with van der Waals surface area (Å²) in [6, 6.07) is 0. The van der Waals surface area contributed by atoms with Gasteiger partial charge < -0.3 is 161 Å². The van der Waals surface area contributed by atoms with Gasteiger partial charge in [0, 0.05) is 140 Å². The molecule has 21 aliphatic rings. The molecule has 0 spiro atoms. The summed E-state index contributed by atoms with van der Waals surface area (Å²) < 4.78 is 212. The molecule has 35 atom stereocenters. The van der Waals surface area contributed by atoms with Crippen molar-refractivity contribution in [3.8, 4) is 0 Å². The zero-order chi connectivity index (χ0) is 70.9. The van der Waals surface area contributed by atoms with Crippen molar-refractivity contribution in [2.45, 2.75) is 215 Å². The van der Waals surface area contributed by atoms with Gasteiger partial charge >= 0.3 is 0 Å². The Morgan fingerprint density at radius 3 is 0.571 bits per heavy atom. The van der Waals surface area contributed by atoms with Crippen molar-refractivity contribution in [3.05, 3.63) is 10.4 Å². The number of hydrogen-bond donors (Lipinski definition) is 1. The van der Waals surface area contributed by atoms with Crippen LogP contribution in [0.1, 0.15) is 0 Å². The van der Waals surface area contributed by atoms with Crippen molar-refractivity contribution < 1.29 is 161 Å². The van der Waals surface area contributed by atoms with E-state index < -0.39 is 222 Å². The lowest BCUT2D eigenvalue weighted by Crippen LogP contribution is -2.69. The lowest BCUT2D eigenvalue weighted by molar-refractivity contribution is -0.402. The Hall–Kier alpha value is -2.05. The zero-order valence-electron chi connectivity index (χ0n) is 59.4. The molecule has 21 rings (SSSR count). The lowest BCUT2D eigenvalue weighted by Gasteiger charge is -2.52. The molecule has 21 heterocycles. The lowest BCUT2D eigenvalue weighted by atomic mass is 9.94. The van der Waals surface area contributed by atoms with E-state index >= 15 is 0 Å². The smallest absolute Gasteiger partial charge is 0.187 e. The third-order valence-corrected chi connectivity index (χ3v) is 19.1. The molecule has 0 aromatic heterocycles. The first-order valence-corrected chi connectivity index (χ1v) is 32.3. The maximum absolute atomic E-state index is 11.3. The van der Waals surface area contributed by atoms with Crippen LogP contribution in [0.15, 0.2) is 5.11 Å². The Morgan fingerprint density at radius 2 is 0.408 bits per heavy atom. The van der Waals surface area contributed by atoms with Crippen LogP contribution >= 0.6 is 0 Å². The highest BCUT2D eigenvalue weighted by molar-refractivity contribution is 5.04. The topological polar surface area (TPSA) is 374 Å². The molecular formula is C61H107N3O34. The van der Waals surface area contributed by atoms with Crippen LogP contribution in [-0.2, 0) is 156 Å². The molecule has 0 saturated carbocycles. The Balaban J connectivity index is 1.24. The Morgan fingerprint density at radius 1 is 0.245 bits per heavy atom. The van der Waals surface area contributed by atoms with Crippen LogP contribution in [0.5, 0.6) is 0 Å². The van der Waals surface area contributed by atoms with Crippen molar-refractivity contribution in [2.75, 3.05) is 181 Å². The summed E-state index contributed by atoms with van der Waals surface area (Å²) >= 11 is 0. The molecular weight excluding hydrogens is 1320 g/mol. The molecule has 14 bridgehead atoms. The summed E-state index contributed by atoms with van der Waals surface area (Å²) in [7, 11) is 27.9. The second kappa shape index (κ2) is 39.9. The molecule has 98 heavy (non-hydrogen) atoms. The van der Waals surface area contributed by atoms with Crippen molar-refractivity contribution in [3.63, 3.8) is 0 Å². The molecule has 0 radical (unpaired) electrons. The Kier molecular flexibility index (Phi) is 33.2. The molecule has 0 aliphatic carbocycles. The highest BCUT2D eigenvalue weighted by Crippen LogP contribution is 2.43. The number of azide groups is 1. The first-order chi connectivity index (χ1) is 47.7. The predicted octanol–water partition coefficient (Wildman–Crippen LogP) is -1.48. The molecule has 21 aliphatic heterocycles. The predicted molar refractivity (Wildman–Crippen MR) is 326 cm³/mol. The number of aliphatic hydroxyl groups excluding tert-OH is 1. The molecule has 0 aromatic carbocycles. The number of ether oxygens (including phenoxy) is 33. The first-order valence-electron chi connectivity index (χ1n) is 32.3. The van der Waals surface area contributed by atoms with Gasteiger partial charge in [0.05, 0.1) is 52.3 Å². The summed E-state index contributed by atoms with van der Waals surface area (Å²) in [5.74, 6) is 0. The van der Waals surface area contributed by atoms with Crippen molar-refractivity contribution >= 4 is 0 Å². The molecule has 37 nitrogen and oxygen atoms in total. The number of rotatable bonds is 27. The second-order valence-corrected chi connectivity index (χ2v) is 24.2. The van der Waals surface area contributed by atoms with E-state index in [1.165, 1.54) is 135 Å². The summed E-state index contributed by atoms with van der Waals surface area (Å²) in [6.45, 7) is -1.33. The quantitative estimate of drug-likeness (QED) is 0.0556. The van der Waals surface area contributed by atoms with Gasteiger partial charge in [-0.1, -0.05) is 5.11 Å². The van der Waals surface area contributed by atoms with Gasteiger partial charge in [0.1, 0.15) is 165 Å². The van der Waals surface area contributed by atoms with Gasteiger partial charge in [0.2, 0.25) is 0 Å². The van der Waals surface area contributed by atoms with E-state index in [1.54, 1.807) is 0 Å². The summed E-state index contributed by atoms with van der Waals surface area (Å²) in [5, 5.41) is 15.2. The molecule has 37 heteroatoms. The maximum Gasteiger partial charge on any atom is 0.187 e. The number of aliphatic hydroxyl groups is 1. The average Bonchev–Trinajstić information content (AvgIpc) is 0.769. The normalized spacial score (nSPS) is 45.9. The van der Waals surface area contributed by atoms with Crippen molar-refractivity contribution in [1.29, 1.82) is 0 Å². The number of nitrogens with zero attached hydrogens (tertiary/aromatic N) is 3. The highest BCUT2D eigenvalue weighted by atomic mass is 16.8. The molecule has 21 saturated heterocycles. The first kappa shape index (κ1) is 81.6. The van der Waals surface area contributed by atoms with Crippen LogP contribution in [-0.4, -0.2) is 401 Å². The van der Waals surface area contributed by atoms with Crippen LogP contribution in [0.2, 0.25) is 0 Å². The van der Waals surface area contributed by atoms with E-state index in [9.17, 15) is 10.6 Å². The second-order valence-electron chi connectivity index (χ2n) is 24.2. The van der Waals surface area contributed by atoms with E-state index in [0.717, 1.165) is 0 Å². The van der Waals surface area contributed by atoms with Gasteiger partial charge in [-0.05, 0) is 5.53 Å². The van der Waals surface area contributed by atoms with E-state index in [2.05, 4.69) is 10.0 Å². The largest absolute Gasteiger partial charge is 0.394 e. The SMILES string of the molecule is COC[C@H]1O[C@@H]2O[C@H]3[C@H](OC)[C@@H](OC)[C@@H](O[C@H]4[C@H](OC)[C@@H](OC)[C@@H](O[C@H]5[C@H](OC)[C@@H](OC)[C@@H](O[C@H]6[C@H](OC)[C@@H](OC)[C@@H](O[C@H]7[C@H](OC)[C@@H](OC)[C@@H](O[C@H]8[C@H](OC)[C@@H](OC)[C@@H](O[C@H]1[C@H](OC)[C@H]2OC)O[C@@H]8CO)O[C@@H]7COC)O[C@@H]6COC)O[C@@H]5COC)O[C@@H]4CN=[N+]=[N-])O[C@@H]3COC. The Bertz CT molecular complexity index is 2320. The van der Waals surface area contributed by atoms with Gasteiger partial charge in [0.15, 0.2) is 44.0 Å². The highest BCUT2D eigenvalue weighted by Gasteiger charge is 2.62. The minimum Gasteiger partial charge on any atom is -0.394 e. The summed E-state index contributed by atoms with van der Waals surface area (Å²) in [5.41, 5.74) is 9.83. The van der Waals surface area contributed by atoms with Crippen molar-refractivity contribution in [2.24, 2.45) is 5.11 Å². The Labute approximate surface area is 571 Å². The average molecular weight is 1430 g/mol. The minimum atomic E-state index is -1.33. The fraction of sp³-hybridized carbons (Fsp3) is 1.00. The third-order valence-electron chi connectivity index (χ3n) is 19.1. The minimum absolute atomic E-state index is 0.0681. The van der Waals surface area contributed by atoms with Crippen molar-refractivity contribution in [1.82, 2.24) is 0 Å².